The third-order valence-electron chi connectivity index (χ3n) is 5.76. The van der Waals surface area contributed by atoms with Gasteiger partial charge in [0.1, 0.15) is 0 Å². The fourth-order valence-electron chi connectivity index (χ4n) is 4.20. The molecule has 3 heterocycles. The summed E-state index contributed by atoms with van der Waals surface area (Å²) in [6.45, 7) is 5.59. The lowest BCUT2D eigenvalue weighted by atomic mass is 10.0. The molecule has 166 valence electrons. The second-order valence-corrected chi connectivity index (χ2v) is 8.47. The Hall–Kier alpha value is -3.73. The zero-order chi connectivity index (χ0) is 22.8. The third kappa shape index (κ3) is 4.87. The van der Waals surface area contributed by atoms with Crippen LogP contribution in [0.25, 0.3) is 22.0 Å². The molecule has 4 aromatic rings. The minimum atomic E-state index is 0.249. The number of morpholine rings is 1. The maximum Gasteiger partial charge on any atom is 0.227 e. The first-order valence-electron chi connectivity index (χ1n) is 11.0. The Morgan fingerprint density at radius 1 is 1.18 bits per heavy atom. The molecule has 0 saturated carbocycles. The normalized spacial score (nSPS) is 16.6. The third-order valence-corrected chi connectivity index (χ3v) is 5.76. The Balaban J connectivity index is 1.46. The van der Waals surface area contributed by atoms with E-state index in [9.17, 15) is 0 Å². The molecule has 0 amide bonds. The molecule has 7 nitrogen and oxygen atoms in total. The van der Waals surface area contributed by atoms with Crippen molar-refractivity contribution in [1.29, 1.82) is 0 Å². The summed E-state index contributed by atoms with van der Waals surface area (Å²) in [5.41, 5.74) is 5.98. The molecule has 1 N–H and O–H groups in total. The second kappa shape index (κ2) is 9.02. The summed E-state index contributed by atoms with van der Waals surface area (Å²) in [6.07, 6.45) is 11.5. The first-order valence-corrected chi connectivity index (χ1v) is 11.0. The first-order chi connectivity index (χ1) is 16.1. The molecular formula is C26H26N6O. The number of terminal acetylenes is 1. The summed E-state index contributed by atoms with van der Waals surface area (Å²) in [6, 6.07) is 12.2. The van der Waals surface area contributed by atoms with E-state index in [0.29, 0.717) is 5.95 Å². The quantitative estimate of drug-likeness (QED) is 0.476. The second-order valence-electron chi connectivity index (χ2n) is 8.47. The predicted octanol–water partition coefficient (Wildman–Crippen LogP) is 3.98. The summed E-state index contributed by atoms with van der Waals surface area (Å²) in [5, 5.41) is 8.65. The van der Waals surface area contributed by atoms with Crippen LogP contribution in [-0.4, -0.2) is 50.4 Å². The van der Waals surface area contributed by atoms with Gasteiger partial charge in [-0.3, -0.25) is 9.58 Å². The Labute approximate surface area is 193 Å². The van der Waals surface area contributed by atoms with Gasteiger partial charge in [0.05, 0.1) is 24.4 Å². The number of rotatable bonds is 5. The Bertz CT molecular complexity index is 1340. The molecule has 0 aliphatic carbocycles. The van der Waals surface area contributed by atoms with Crippen molar-refractivity contribution in [2.45, 2.75) is 19.6 Å². The van der Waals surface area contributed by atoms with E-state index in [1.165, 1.54) is 5.56 Å². The zero-order valence-corrected chi connectivity index (χ0v) is 18.8. The highest BCUT2D eigenvalue weighted by Gasteiger charge is 2.17. The summed E-state index contributed by atoms with van der Waals surface area (Å²) in [5.74, 6) is 3.20. The predicted molar refractivity (Wildman–Crippen MR) is 130 cm³/mol. The zero-order valence-electron chi connectivity index (χ0n) is 18.8. The first kappa shape index (κ1) is 21.1. The standard InChI is InChI=1S/C26H26N6O/c1-4-19-5-6-25-22(9-19)13-27-26(30-25)29-24-11-20(16-32-7-8-33-18(2)15-32)10-21(12-24)23-14-28-31(3)17-23/h1,5-6,9-14,17-18H,7-8,15-16H2,2-3H3,(H,27,29,30). The van der Waals surface area contributed by atoms with Crippen molar-refractivity contribution in [3.63, 3.8) is 0 Å². The fourth-order valence-corrected chi connectivity index (χ4v) is 4.20. The fraction of sp³-hybridized carbons (Fsp3) is 0.269. The highest BCUT2D eigenvalue weighted by Crippen LogP contribution is 2.27. The average molecular weight is 439 g/mol. The van der Waals surface area contributed by atoms with E-state index in [4.69, 9.17) is 11.2 Å². The summed E-state index contributed by atoms with van der Waals surface area (Å²) < 4.78 is 7.52. The van der Waals surface area contributed by atoms with Crippen LogP contribution in [0.2, 0.25) is 0 Å². The van der Waals surface area contributed by atoms with Crippen LogP contribution in [0.1, 0.15) is 18.1 Å². The number of aryl methyl sites for hydroxylation is 1. The molecule has 2 aromatic heterocycles. The topological polar surface area (TPSA) is 68.1 Å². The average Bonchev–Trinajstić information content (AvgIpc) is 3.25. The molecule has 0 spiro atoms. The maximum atomic E-state index is 5.70. The minimum Gasteiger partial charge on any atom is -0.376 e. The van der Waals surface area contributed by atoms with E-state index >= 15 is 0 Å². The van der Waals surface area contributed by atoms with Gasteiger partial charge in [0.2, 0.25) is 5.95 Å². The van der Waals surface area contributed by atoms with Crippen molar-refractivity contribution in [3.8, 4) is 23.5 Å². The molecule has 1 saturated heterocycles. The van der Waals surface area contributed by atoms with Gasteiger partial charge >= 0.3 is 0 Å². The van der Waals surface area contributed by atoms with Crippen molar-refractivity contribution in [1.82, 2.24) is 24.6 Å². The number of hydrogen-bond acceptors (Lipinski definition) is 6. The highest BCUT2D eigenvalue weighted by atomic mass is 16.5. The summed E-state index contributed by atoms with van der Waals surface area (Å²) >= 11 is 0. The van der Waals surface area contributed by atoms with Crippen LogP contribution in [0.15, 0.2) is 55.0 Å². The smallest absolute Gasteiger partial charge is 0.227 e. The molecule has 1 fully saturated rings. The Morgan fingerprint density at radius 2 is 2.09 bits per heavy atom. The van der Waals surface area contributed by atoms with Gasteiger partial charge in [-0.25, -0.2) is 9.97 Å². The molecular weight excluding hydrogens is 412 g/mol. The number of hydrogen-bond donors (Lipinski definition) is 1. The van der Waals surface area contributed by atoms with Gasteiger partial charge in [-0.1, -0.05) is 5.92 Å². The van der Waals surface area contributed by atoms with Gasteiger partial charge in [-0.15, -0.1) is 6.42 Å². The SMILES string of the molecule is C#Cc1ccc2nc(Nc3cc(CN4CCOC(C)C4)cc(-c4cnn(C)c4)c3)ncc2c1. The number of nitrogens with zero attached hydrogens (tertiary/aromatic N) is 5. The van der Waals surface area contributed by atoms with Crippen LogP contribution >= 0.6 is 0 Å². The highest BCUT2D eigenvalue weighted by molar-refractivity contribution is 5.81. The van der Waals surface area contributed by atoms with E-state index in [2.05, 4.69) is 56.3 Å². The number of ether oxygens (including phenoxy) is 1. The molecule has 0 radical (unpaired) electrons. The lowest BCUT2D eigenvalue weighted by Gasteiger charge is -2.31. The maximum absolute atomic E-state index is 5.70. The van der Waals surface area contributed by atoms with Crippen molar-refractivity contribution >= 4 is 22.5 Å². The van der Waals surface area contributed by atoms with Gasteiger partial charge in [0, 0.05) is 61.3 Å². The van der Waals surface area contributed by atoms with Crippen LogP contribution in [0.4, 0.5) is 11.6 Å². The van der Waals surface area contributed by atoms with Crippen LogP contribution in [0, 0.1) is 12.3 Å². The van der Waals surface area contributed by atoms with Gasteiger partial charge in [0.15, 0.2) is 0 Å². The van der Waals surface area contributed by atoms with Gasteiger partial charge in [-0.05, 0) is 54.4 Å². The number of aromatic nitrogens is 4. The molecule has 7 heteroatoms. The summed E-state index contributed by atoms with van der Waals surface area (Å²) in [4.78, 5) is 11.6. The largest absolute Gasteiger partial charge is 0.376 e. The van der Waals surface area contributed by atoms with Gasteiger partial charge < -0.3 is 10.1 Å². The number of benzene rings is 2. The number of nitrogens with one attached hydrogen (secondary N) is 1. The minimum absolute atomic E-state index is 0.249. The van der Waals surface area contributed by atoms with Gasteiger partial charge in [-0.2, -0.15) is 5.10 Å². The van der Waals surface area contributed by atoms with Crippen LogP contribution < -0.4 is 5.32 Å². The summed E-state index contributed by atoms with van der Waals surface area (Å²) in [7, 11) is 1.93. The molecule has 5 rings (SSSR count). The van der Waals surface area contributed by atoms with Crippen LogP contribution in [0.5, 0.6) is 0 Å². The van der Waals surface area contributed by atoms with E-state index in [1.54, 1.807) is 6.20 Å². The van der Waals surface area contributed by atoms with E-state index in [-0.39, 0.29) is 6.10 Å². The number of fused-ring (bicyclic) bond motifs is 1. The van der Waals surface area contributed by atoms with Crippen molar-refractivity contribution in [3.05, 3.63) is 66.1 Å². The van der Waals surface area contributed by atoms with Crippen molar-refractivity contribution < 1.29 is 4.74 Å². The molecule has 2 aromatic carbocycles. The lowest BCUT2D eigenvalue weighted by Crippen LogP contribution is -2.40. The van der Waals surface area contributed by atoms with Crippen LogP contribution in [0.3, 0.4) is 0 Å². The van der Waals surface area contributed by atoms with E-state index < -0.39 is 0 Å². The van der Waals surface area contributed by atoms with E-state index in [1.807, 2.05) is 42.3 Å². The van der Waals surface area contributed by atoms with E-state index in [0.717, 1.165) is 59.5 Å². The molecule has 1 aliphatic rings. The molecule has 0 bridgehead atoms. The molecule has 1 unspecified atom stereocenters. The van der Waals surface area contributed by atoms with Crippen molar-refractivity contribution in [2.24, 2.45) is 7.05 Å². The monoisotopic (exact) mass is 438 g/mol. The molecule has 33 heavy (non-hydrogen) atoms. The van der Waals surface area contributed by atoms with Crippen molar-refractivity contribution in [2.75, 3.05) is 25.0 Å². The lowest BCUT2D eigenvalue weighted by molar-refractivity contribution is -0.0211. The molecule has 1 atom stereocenters. The van der Waals surface area contributed by atoms with Crippen LogP contribution in [-0.2, 0) is 18.3 Å². The number of anilines is 2. The Kier molecular flexibility index (Phi) is 5.78. The van der Waals surface area contributed by atoms with Gasteiger partial charge in [0.25, 0.3) is 0 Å². The Morgan fingerprint density at radius 3 is 2.88 bits per heavy atom. The molecule has 1 aliphatic heterocycles.